The molecule has 0 atom stereocenters. The van der Waals surface area contributed by atoms with Crippen molar-refractivity contribution in [2.24, 2.45) is 0 Å². The Balaban J connectivity index is 0.00000169. The summed E-state index contributed by atoms with van der Waals surface area (Å²) in [5, 5.41) is 11.4. The van der Waals surface area contributed by atoms with E-state index in [1.807, 2.05) is 19.9 Å². The minimum Gasteiger partial charge on any atom is -0.872 e. The van der Waals surface area contributed by atoms with E-state index in [0.29, 0.717) is 4.48 Å². The molecule has 0 aliphatic rings. The molecule has 0 unspecified atom stereocenters. The lowest BCUT2D eigenvalue weighted by Crippen LogP contribution is -2.35. The van der Waals surface area contributed by atoms with Crippen LogP contribution in [-0.4, -0.2) is 21.1 Å². The average molecular weight is 260 g/mol. The van der Waals surface area contributed by atoms with E-state index in [1.54, 1.807) is 6.07 Å². The minimum absolute atomic E-state index is 0. The second-order valence-corrected chi connectivity index (χ2v) is 4.42. The molecule has 0 aliphatic carbocycles. The van der Waals surface area contributed by atoms with Crippen molar-refractivity contribution < 1.29 is 5.11 Å². The maximum Gasteiger partial charge on any atom is 0.134 e. The highest BCUT2D eigenvalue weighted by molar-refractivity contribution is 8.93. The fourth-order valence-electron chi connectivity index (χ4n) is 1.54. The van der Waals surface area contributed by atoms with Crippen molar-refractivity contribution >= 4 is 22.7 Å². The van der Waals surface area contributed by atoms with Gasteiger partial charge < -0.3 is 5.11 Å². The molecule has 1 rings (SSSR count). The van der Waals surface area contributed by atoms with E-state index in [4.69, 9.17) is 0 Å². The van der Waals surface area contributed by atoms with Crippen molar-refractivity contribution in [3.63, 3.8) is 0 Å². The summed E-state index contributed by atoms with van der Waals surface area (Å²) in [5.74, 6) is 0.133. The molecule has 3 heteroatoms. The Labute approximate surface area is 96.5 Å². The van der Waals surface area contributed by atoms with Gasteiger partial charge in [0.2, 0.25) is 0 Å². The molecule has 1 aromatic carbocycles. The zero-order chi connectivity index (χ0) is 10.2. The van der Waals surface area contributed by atoms with Crippen LogP contribution in [-0.2, 0) is 0 Å². The van der Waals surface area contributed by atoms with Crippen molar-refractivity contribution in [2.75, 3.05) is 21.1 Å². The van der Waals surface area contributed by atoms with Gasteiger partial charge in [-0.2, -0.15) is 0 Å². The van der Waals surface area contributed by atoms with Crippen LogP contribution in [0.15, 0.2) is 12.1 Å². The lowest BCUT2D eigenvalue weighted by Gasteiger charge is -2.27. The maximum absolute atomic E-state index is 11.4. The van der Waals surface area contributed by atoms with Gasteiger partial charge in [0.05, 0.1) is 21.1 Å². The third kappa shape index (κ3) is 2.72. The standard InChI is InChI=1S/C11H17NO.BrH/c1-8-6-9(2)11(13)7-10(8)12(3,4)5;/h6-7H,1-5H3;1H. The zero-order valence-corrected chi connectivity index (χ0v) is 11.1. The number of rotatable bonds is 1. The number of halogens is 1. The third-order valence-corrected chi connectivity index (χ3v) is 2.22. The molecule has 80 valence electrons. The molecule has 0 spiro atoms. The van der Waals surface area contributed by atoms with Gasteiger partial charge in [0.25, 0.3) is 0 Å². The van der Waals surface area contributed by atoms with E-state index in [9.17, 15) is 5.11 Å². The monoisotopic (exact) mass is 259 g/mol. The first-order valence-corrected chi connectivity index (χ1v) is 4.42. The van der Waals surface area contributed by atoms with Gasteiger partial charge in [0.15, 0.2) is 0 Å². The molecular weight excluding hydrogens is 242 g/mol. The Bertz CT molecular complexity index is 329. The molecule has 0 saturated carbocycles. The summed E-state index contributed by atoms with van der Waals surface area (Å²) in [6, 6.07) is 3.70. The van der Waals surface area contributed by atoms with E-state index in [1.165, 1.54) is 5.56 Å². The smallest absolute Gasteiger partial charge is 0.134 e. The van der Waals surface area contributed by atoms with Gasteiger partial charge in [0.1, 0.15) is 5.69 Å². The van der Waals surface area contributed by atoms with E-state index in [-0.39, 0.29) is 22.7 Å². The molecule has 0 amide bonds. The normalized spacial score (nSPS) is 10.9. The van der Waals surface area contributed by atoms with Gasteiger partial charge in [-0.25, -0.2) is 0 Å². The molecule has 0 aromatic heterocycles. The van der Waals surface area contributed by atoms with Crippen LogP contribution in [0, 0.1) is 13.8 Å². The first-order valence-electron chi connectivity index (χ1n) is 4.42. The van der Waals surface area contributed by atoms with Crippen LogP contribution in [0.4, 0.5) is 5.69 Å². The van der Waals surface area contributed by atoms with Gasteiger partial charge in [-0.1, -0.05) is 11.6 Å². The van der Waals surface area contributed by atoms with Gasteiger partial charge in [-0.3, -0.25) is 4.48 Å². The van der Waals surface area contributed by atoms with E-state index in [0.717, 1.165) is 11.3 Å². The average Bonchev–Trinajstić information content (AvgIpc) is 1.94. The summed E-state index contributed by atoms with van der Waals surface area (Å²) < 4.78 is 0.696. The molecule has 0 saturated heterocycles. The second-order valence-electron chi connectivity index (χ2n) is 4.42. The Hall–Kier alpha value is -0.540. The molecule has 0 radical (unpaired) electrons. The van der Waals surface area contributed by atoms with Crippen molar-refractivity contribution in [2.45, 2.75) is 13.8 Å². The highest BCUT2D eigenvalue weighted by Gasteiger charge is 2.14. The van der Waals surface area contributed by atoms with Crippen LogP contribution < -0.4 is 9.59 Å². The summed E-state index contributed by atoms with van der Waals surface area (Å²) in [6.45, 7) is 3.90. The minimum atomic E-state index is 0. The molecule has 0 aliphatic heterocycles. The molecule has 2 nitrogen and oxygen atoms in total. The number of quaternary nitrogens is 1. The van der Waals surface area contributed by atoms with Crippen LogP contribution in [0.1, 0.15) is 11.1 Å². The zero-order valence-electron chi connectivity index (χ0n) is 9.42. The van der Waals surface area contributed by atoms with Crippen LogP contribution in [0.5, 0.6) is 5.75 Å². The molecular formula is C11H18BrNO. The predicted molar refractivity (Wildman–Crippen MR) is 65.3 cm³/mol. The molecule has 1 aromatic rings. The lowest BCUT2D eigenvalue weighted by atomic mass is 10.1. The summed E-state index contributed by atoms with van der Waals surface area (Å²) >= 11 is 0. The summed E-state index contributed by atoms with van der Waals surface area (Å²) in [4.78, 5) is 0. The topological polar surface area (TPSA) is 23.1 Å². The third-order valence-electron chi connectivity index (χ3n) is 2.22. The fraction of sp³-hybridized carbons (Fsp3) is 0.455. The molecule has 14 heavy (non-hydrogen) atoms. The summed E-state index contributed by atoms with van der Waals surface area (Å²) in [5.41, 5.74) is 3.11. The van der Waals surface area contributed by atoms with Crippen molar-refractivity contribution in [1.82, 2.24) is 4.48 Å². The number of benzene rings is 1. The fourth-order valence-corrected chi connectivity index (χ4v) is 1.54. The van der Waals surface area contributed by atoms with Gasteiger partial charge in [-0.15, -0.1) is 22.7 Å². The summed E-state index contributed by atoms with van der Waals surface area (Å²) in [7, 11) is 6.20. The Morgan fingerprint density at radius 2 is 1.50 bits per heavy atom. The second kappa shape index (κ2) is 4.32. The highest BCUT2D eigenvalue weighted by Crippen LogP contribution is 2.27. The number of hydrogen-bond acceptors (Lipinski definition) is 1. The number of aryl methyl sites for hydroxylation is 2. The number of hydrogen-bond donors (Lipinski definition) is 0. The quantitative estimate of drug-likeness (QED) is 0.709. The molecule has 0 heterocycles. The Morgan fingerprint density at radius 1 is 1.00 bits per heavy atom. The Kier molecular flexibility index (Phi) is 4.15. The first-order chi connectivity index (χ1) is 5.82. The van der Waals surface area contributed by atoms with Crippen LogP contribution in [0.3, 0.4) is 0 Å². The van der Waals surface area contributed by atoms with Crippen molar-refractivity contribution in [3.05, 3.63) is 23.3 Å². The van der Waals surface area contributed by atoms with E-state index >= 15 is 0 Å². The molecule has 0 N–H and O–H groups in total. The maximum atomic E-state index is 11.4. The number of nitrogens with zero attached hydrogens (tertiary/aromatic N) is 1. The van der Waals surface area contributed by atoms with E-state index in [2.05, 4.69) is 21.1 Å². The van der Waals surface area contributed by atoms with Crippen molar-refractivity contribution in [3.8, 4) is 5.75 Å². The van der Waals surface area contributed by atoms with Crippen LogP contribution in [0.25, 0.3) is 0 Å². The van der Waals surface area contributed by atoms with Gasteiger partial charge in [-0.05, 0) is 19.9 Å². The van der Waals surface area contributed by atoms with Gasteiger partial charge >= 0.3 is 0 Å². The lowest BCUT2D eigenvalue weighted by molar-refractivity contribution is -0.269. The molecule has 0 fully saturated rings. The van der Waals surface area contributed by atoms with Gasteiger partial charge in [0, 0.05) is 5.56 Å². The SMILES string of the molecule is Br.Cc1cc(C)c([N+](C)(C)C)cc1[O-]. The molecule has 0 bridgehead atoms. The largest absolute Gasteiger partial charge is 0.872 e. The predicted octanol–water partition coefficient (Wildman–Crippen LogP) is 2.15. The summed E-state index contributed by atoms with van der Waals surface area (Å²) in [6.07, 6.45) is 0. The van der Waals surface area contributed by atoms with Crippen LogP contribution in [0.2, 0.25) is 0 Å². The van der Waals surface area contributed by atoms with Crippen LogP contribution >= 0.6 is 17.0 Å². The van der Waals surface area contributed by atoms with Crippen molar-refractivity contribution in [1.29, 1.82) is 0 Å². The van der Waals surface area contributed by atoms with E-state index < -0.39 is 0 Å². The highest BCUT2D eigenvalue weighted by atomic mass is 79.9. The Morgan fingerprint density at radius 3 is 1.93 bits per heavy atom. The first kappa shape index (κ1) is 13.5.